The van der Waals surface area contributed by atoms with Crippen LogP contribution in [0.15, 0.2) is 53.4 Å². The number of aromatic carboxylic acids is 1. The molecule has 0 saturated carbocycles. The van der Waals surface area contributed by atoms with Gasteiger partial charge in [-0.1, -0.05) is 29.8 Å². The number of sulfonamides is 1. The Morgan fingerprint density at radius 1 is 1.04 bits per heavy atom. The number of nitrogens with zero attached hydrogens (tertiary/aromatic N) is 1. The van der Waals surface area contributed by atoms with Crippen molar-refractivity contribution < 1.29 is 28.2 Å². The van der Waals surface area contributed by atoms with Crippen molar-refractivity contribution in [2.24, 2.45) is 0 Å². The second-order valence-corrected chi connectivity index (χ2v) is 7.27. The number of rotatable bonds is 7. The van der Waals surface area contributed by atoms with Crippen molar-refractivity contribution in [2.75, 3.05) is 10.8 Å². The molecule has 0 amide bonds. The molecule has 25 heavy (non-hydrogen) atoms. The van der Waals surface area contributed by atoms with Crippen LogP contribution in [0.1, 0.15) is 16.8 Å². The molecule has 2 aromatic carbocycles. The number of carboxylic acid groups (broad SMARTS) is 2. The molecule has 9 heteroatoms. The van der Waals surface area contributed by atoms with Gasteiger partial charge in [0.25, 0.3) is 10.0 Å². The summed E-state index contributed by atoms with van der Waals surface area (Å²) in [4.78, 5) is 22.1. The molecule has 2 rings (SSSR count). The Labute approximate surface area is 149 Å². The first-order chi connectivity index (χ1) is 11.7. The lowest BCUT2D eigenvalue weighted by Gasteiger charge is -2.24. The molecule has 0 heterocycles. The van der Waals surface area contributed by atoms with Crippen LogP contribution >= 0.6 is 11.6 Å². The molecule has 7 nitrogen and oxygen atoms in total. The first-order valence-electron chi connectivity index (χ1n) is 7.06. The number of hydrogen-bond acceptors (Lipinski definition) is 4. The molecule has 0 aromatic heterocycles. The van der Waals surface area contributed by atoms with Crippen LogP contribution in [0.5, 0.6) is 0 Å². The number of carbonyl (C=O) groups is 2. The van der Waals surface area contributed by atoms with Gasteiger partial charge in [-0.15, -0.1) is 0 Å². The fraction of sp³-hybridized carbons (Fsp3) is 0.125. The van der Waals surface area contributed by atoms with Crippen LogP contribution in [0.4, 0.5) is 5.69 Å². The summed E-state index contributed by atoms with van der Waals surface area (Å²) < 4.78 is 26.6. The lowest BCUT2D eigenvalue weighted by Crippen LogP contribution is -2.33. The number of carboxylic acids is 2. The van der Waals surface area contributed by atoms with Crippen LogP contribution in [0.25, 0.3) is 0 Å². The first-order valence-corrected chi connectivity index (χ1v) is 8.87. The third-order valence-corrected chi connectivity index (χ3v) is 5.50. The summed E-state index contributed by atoms with van der Waals surface area (Å²) in [5, 5.41) is 18.0. The SMILES string of the molecule is O=C(O)CCN(c1ccc(Cl)c(C(=O)O)c1)S(=O)(=O)c1ccccc1. The van der Waals surface area contributed by atoms with Crippen molar-refractivity contribution >= 4 is 39.3 Å². The van der Waals surface area contributed by atoms with Crippen molar-refractivity contribution in [3.8, 4) is 0 Å². The van der Waals surface area contributed by atoms with Crippen molar-refractivity contribution in [1.82, 2.24) is 0 Å². The average molecular weight is 384 g/mol. The average Bonchev–Trinajstić information content (AvgIpc) is 2.56. The Morgan fingerprint density at radius 3 is 2.24 bits per heavy atom. The summed E-state index contributed by atoms with van der Waals surface area (Å²) >= 11 is 5.81. The smallest absolute Gasteiger partial charge is 0.337 e. The largest absolute Gasteiger partial charge is 0.481 e. The molecule has 0 atom stereocenters. The highest BCUT2D eigenvalue weighted by atomic mass is 35.5. The third kappa shape index (κ3) is 4.28. The minimum Gasteiger partial charge on any atom is -0.481 e. The van der Waals surface area contributed by atoms with Crippen LogP contribution < -0.4 is 4.31 Å². The van der Waals surface area contributed by atoms with Gasteiger partial charge in [0, 0.05) is 6.54 Å². The van der Waals surface area contributed by atoms with E-state index in [-0.39, 0.29) is 27.7 Å². The van der Waals surface area contributed by atoms with Gasteiger partial charge >= 0.3 is 11.9 Å². The Bertz CT molecular complexity index is 898. The number of aliphatic carboxylic acids is 1. The highest BCUT2D eigenvalue weighted by molar-refractivity contribution is 7.92. The predicted molar refractivity (Wildman–Crippen MR) is 91.6 cm³/mol. The Hall–Kier alpha value is -2.58. The predicted octanol–water partition coefficient (Wildman–Crippen LogP) is 2.71. The topological polar surface area (TPSA) is 112 Å². The molecule has 0 radical (unpaired) electrons. The quantitative estimate of drug-likeness (QED) is 0.760. The van der Waals surface area contributed by atoms with Crippen molar-refractivity contribution in [1.29, 1.82) is 0 Å². The second-order valence-electron chi connectivity index (χ2n) is 5.00. The summed E-state index contributed by atoms with van der Waals surface area (Å²) in [5.41, 5.74) is -0.255. The Balaban J connectivity index is 2.55. The van der Waals surface area contributed by atoms with Crippen LogP contribution in [0.3, 0.4) is 0 Å². The number of halogens is 1. The molecule has 0 aliphatic rings. The standard InChI is InChI=1S/C16H14ClNO6S/c17-14-7-6-11(10-13(14)16(21)22)18(9-8-15(19)20)25(23,24)12-4-2-1-3-5-12/h1-7,10H,8-9H2,(H,19,20)(H,21,22). The number of anilines is 1. The fourth-order valence-corrected chi connectivity index (χ4v) is 3.81. The Kier molecular flexibility index (Phi) is 5.66. The Morgan fingerprint density at radius 2 is 1.68 bits per heavy atom. The molecular weight excluding hydrogens is 370 g/mol. The van der Waals surface area contributed by atoms with E-state index in [9.17, 15) is 18.0 Å². The molecule has 0 saturated heterocycles. The summed E-state index contributed by atoms with van der Waals surface area (Å²) in [7, 11) is -4.07. The molecule has 0 bridgehead atoms. The zero-order chi connectivity index (χ0) is 18.6. The highest BCUT2D eigenvalue weighted by Gasteiger charge is 2.26. The van der Waals surface area contributed by atoms with Gasteiger partial charge in [-0.05, 0) is 30.3 Å². The molecule has 132 valence electrons. The van der Waals surface area contributed by atoms with E-state index in [1.54, 1.807) is 6.07 Å². The van der Waals surface area contributed by atoms with Crippen molar-refractivity contribution in [2.45, 2.75) is 11.3 Å². The molecule has 2 N–H and O–H groups in total. The van der Waals surface area contributed by atoms with Gasteiger partial charge in [-0.2, -0.15) is 0 Å². The van der Waals surface area contributed by atoms with Gasteiger partial charge in [-0.25, -0.2) is 13.2 Å². The maximum atomic E-state index is 12.9. The lowest BCUT2D eigenvalue weighted by molar-refractivity contribution is -0.136. The third-order valence-electron chi connectivity index (χ3n) is 3.33. The molecule has 0 aliphatic heterocycles. The number of hydrogen-bond donors (Lipinski definition) is 2. The van der Waals surface area contributed by atoms with E-state index in [1.165, 1.54) is 36.4 Å². The van der Waals surface area contributed by atoms with Gasteiger partial charge in [0.2, 0.25) is 0 Å². The van der Waals surface area contributed by atoms with E-state index in [4.69, 9.17) is 21.8 Å². The van der Waals surface area contributed by atoms with E-state index in [0.29, 0.717) is 0 Å². The van der Waals surface area contributed by atoms with E-state index in [0.717, 1.165) is 10.4 Å². The molecule has 0 unspecified atom stereocenters. The summed E-state index contributed by atoms with van der Waals surface area (Å²) in [6, 6.07) is 11.2. The lowest BCUT2D eigenvalue weighted by atomic mass is 10.2. The monoisotopic (exact) mass is 383 g/mol. The highest BCUT2D eigenvalue weighted by Crippen LogP contribution is 2.28. The maximum Gasteiger partial charge on any atom is 0.337 e. The normalized spacial score (nSPS) is 11.1. The van der Waals surface area contributed by atoms with Crippen LogP contribution in [-0.4, -0.2) is 37.1 Å². The van der Waals surface area contributed by atoms with E-state index < -0.39 is 28.4 Å². The van der Waals surface area contributed by atoms with E-state index in [1.807, 2.05) is 0 Å². The molecule has 0 spiro atoms. The van der Waals surface area contributed by atoms with Gasteiger partial charge in [0.05, 0.1) is 27.6 Å². The second kappa shape index (κ2) is 7.54. The van der Waals surface area contributed by atoms with Crippen molar-refractivity contribution in [3.05, 3.63) is 59.1 Å². The summed E-state index contributed by atoms with van der Waals surface area (Å²) in [6.07, 6.45) is -0.447. The maximum absolute atomic E-state index is 12.9. The van der Waals surface area contributed by atoms with Gasteiger partial charge in [0.15, 0.2) is 0 Å². The molecular formula is C16H14ClNO6S. The van der Waals surface area contributed by atoms with Crippen LogP contribution in [0, 0.1) is 0 Å². The molecule has 0 aliphatic carbocycles. The van der Waals surface area contributed by atoms with E-state index in [2.05, 4.69) is 0 Å². The fourth-order valence-electron chi connectivity index (χ4n) is 2.14. The zero-order valence-electron chi connectivity index (χ0n) is 12.8. The minimum atomic E-state index is -4.07. The van der Waals surface area contributed by atoms with Crippen molar-refractivity contribution in [3.63, 3.8) is 0 Å². The zero-order valence-corrected chi connectivity index (χ0v) is 14.4. The molecule has 2 aromatic rings. The van der Waals surface area contributed by atoms with Crippen LogP contribution in [0.2, 0.25) is 5.02 Å². The van der Waals surface area contributed by atoms with Gasteiger partial charge < -0.3 is 10.2 Å². The summed E-state index contributed by atoms with van der Waals surface area (Å²) in [6.45, 7) is -0.354. The molecule has 0 fully saturated rings. The van der Waals surface area contributed by atoms with Gasteiger partial charge in [0.1, 0.15) is 0 Å². The first kappa shape index (κ1) is 18.8. The van der Waals surface area contributed by atoms with E-state index >= 15 is 0 Å². The van der Waals surface area contributed by atoms with Crippen LogP contribution in [-0.2, 0) is 14.8 Å². The number of benzene rings is 2. The minimum absolute atomic E-state index is 0.0203. The summed E-state index contributed by atoms with van der Waals surface area (Å²) in [5.74, 6) is -2.50. The van der Waals surface area contributed by atoms with Gasteiger partial charge in [-0.3, -0.25) is 9.10 Å².